The molecule has 1 aliphatic heterocycles. The van der Waals surface area contributed by atoms with Gasteiger partial charge in [-0.3, -0.25) is 4.79 Å². The highest BCUT2D eigenvalue weighted by atomic mass is 16.1. The summed E-state index contributed by atoms with van der Waals surface area (Å²) < 4.78 is 0. The maximum Gasteiger partial charge on any atom is 0.223 e. The fourth-order valence-corrected chi connectivity index (χ4v) is 3.21. The van der Waals surface area contributed by atoms with Crippen LogP contribution in [0.5, 0.6) is 0 Å². The summed E-state index contributed by atoms with van der Waals surface area (Å²) in [6.45, 7) is 4.21. The van der Waals surface area contributed by atoms with Crippen molar-refractivity contribution in [3.63, 3.8) is 0 Å². The lowest BCUT2D eigenvalue weighted by atomic mass is 9.97. The molecular formula is C14H26N2O. The first-order valence-electron chi connectivity index (χ1n) is 7.28. The van der Waals surface area contributed by atoms with Crippen LogP contribution in [0.1, 0.15) is 51.9 Å². The van der Waals surface area contributed by atoms with Crippen molar-refractivity contribution in [3.05, 3.63) is 0 Å². The molecule has 0 spiro atoms. The van der Waals surface area contributed by atoms with Crippen LogP contribution in [0.4, 0.5) is 0 Å². The maximum absolute atomic E-state index is 12.0. The molecule has 1 aliphatic carbocycles. The van der Waals surface area contributed by atoms with Crippen molar-refractivity contribution in [1.29, 1.82) is 0 Å². The summed E-state index contributed by atoms with van der Waals surface area (Å²) in [6.07, 6.45) is 8.55. The fraction of sp³-hybridized carbons (Fsp3) is 0.929. The van der Waals surface area contributed by atoms with E-state index >= 15 is 0 Å². The maximum atomic E-state index is 12.0. The van der Waals surface area contributed by atoms with Gasteiger partial charge in [-0.25, -0.2) is 0 Å². The number of rotatable bonds is 4. The predicted octanol–water partition coefficient (Wildman–Crippen LogP) is 2.07. The van der Waals surface area contributed by atoms with Gasteiger partial charge in [0.15, 0.2) is 0 Å². The third kappa shape index (κ3) is 3.70. The predicted molar refractivity (Wildman–Crippen MR) is 69.8 cm³/mol. The first-order valence-corrected chi connectivity index (χ1v) is 7.28. The van der Waals surface area contributed by atoms with E-state index in [9.17, 15) is 4.79 Å². The van der Waals surface area contributed by atoms with Crippen molar-refractivity contribution in [2.75, 3.05) is 13.1 Å². The van der Waals surface area contributed by atoms with Gasteiger partial charge in [-0.15, -0.1) is 0 Å². The van der Waals surface area contributed by atoms with Crippen LogP contribution in [0.2, 0.25) is 0 Å². The summed E-state index contributed by atoms with van der Waals surface area (Å²) in [5.74, 6) is 1.17. The van der Waals surface area contributed by atoms with Crippen molar-refractivity contribution in [3.8, 4) is 0 Å². The Kier molecular flexibility index (Phi) is 4.84. The van der Waals surface area contributed by atoms with Gasteiger partial charge >= 0.3 is 0 Å². The molecule has 3 atom stereocenters. The lowest BCUT2D eigenvalue weighted by molar-refractivity contribution is -0.125. The molecule has 3 nitrogen and oxygen atoms in total. The van der Waals surface area contributed by atoms with Gasteiger partial charge in [0.1, 0.15) is 0 Å². The van der Waals surface area contributed by atoms with Gasteiger partial charge in [0.25, 0.3) is 0 Å². The Balaban J connectivity index is 1.62. The second kappa shape index (κ2) is 6.39. The van der Waals surface area contributed by atoms with Crippen molar-refractivity contribution in [1.82, 2.24) is 10.6 Å². The second-order valence-electron chi connectivity index (χ2n) is 5.74. The number of hydrogen-bond donors (Lipinski definition) is 2. The molecule has 1 amide bonds. The molecular weight excluding hydrogens is 212 g/mol. The van der Waals surface area contributed by atoms with Crippen LogP contribution in [0.15, 0.2) is 0 Å². The van der Waals surface area contributed by atoms with Crippen LogP contribution in [-0.2, 0) is 4.79 Å². The highest BCUT2D eigenvalue weighted by Gasteiger charge is 2.29. The minimum atomic E-state index is 0.286. The minimum absolute atomic E-state index is 0.286. The zero-order valence-corrected chi connectivity index (χ0v) is 11.0. The molecule has 1 saturated carbocycles. The largest absolute Gasteiger partial charge is 0.356 e. The fourth-order valence-electron chi connectivity index (χ4n) is 3.21. The average Bonchev–Trinajstić information content (AvgIpc) is 2.77. The smallest absolute Gasteiger partial charge is 0.223 e. The molecule has 2 aliphatic rings. The van der Waals surface area contributed by atoms with Crippen LogP contribution in [-0.4, -0.2) is 25.0 Å². The summed E-state index contributed by atoms with van der Waals surface area (Å²) in [5, 5.41) is 6.64. The standard InChI is InChI=1S/C14H26N2O/c1-11-5-4-7-13(11)14(17)16-10-8-12-6-2-3-9-15-12/h11-13,15H,2-10H2,1H3,(H,16,17). The number of hydrogen-bond acceptors (Lipinski definition) is 2. The number of carbonyl (C=O) groups is 1. The van der Waals surface area contributed by atoms with Gasteiger partial charge in [0.2, 0.25) is 5.91 Å². The Morgan fingerprint density at radius 2 is 2.12 bits per heavy atom. The molecule has 0 aromatic heterocycles. The monoisotopic (exact) mass is 238 g/mol. The molecule has 0 bridgehead atoms. The van der Waals surface area contributed by atoms with Gasteiger partial charge in [-0.2, -0.15) is 0 Å². The lowest BCUT2D eigenvalue weighted by Crippen LogP contribution is -2.39. The molecule has 3 heteroatoms. The molecule has 2 rings (SSSR count). The lowest BCUT2D eigenvalue weighted by Gasteiger charge is -2.24. The number of carbonyl (C=O) groups excluding carboxylic acids is 1. The van der Waals surface area contributed by atoms with Crippen LogP contribution in [0.25, 0.3) is 0 Å². The summed E-state index contributed by atoms with van der Waals surface area (Å²) in [6, 6.07) is 0.630. The first-order chi connectivity index (χ1) is 8.27. The van der Waals surface area contributed by atoms with Crippen LogP contribution < -0.4 is 10.6 Å². The van der Waals surface area contributed by atoms with Crippen molar-refractivity contribution < 1.29 is 4.79 Å². The Bertz CT molecular complexity index is 249. The van der Waals surface area contributed by atoms with Gasteiger partial charge in [-0.1, -0.05) is 19.8 Å². The summed E-state index contributed by atoms with van der Waals surface area (Å²) in [7, 11) is 0. The molecule has 3 unspecified atom stereocenters. The van der Waals surface area contributed by atoms with E-state index in [1.165, 1.54) is 32.1 Å². The third-order valence-electron chi connectivity index (χ3n) is 4.40. The Morgan fingerprint density at radius 3 is 2.76 bits per heavy atom. The zero-order chi connectivity index (χ0) is 12.1. The Morgan fingerprint density at radius 1 is 1.24 bits per heavy atom. The summed E-state index contributed by atoms with van der Waals surface area (Å²) in [5.41, 5.74) is 0. The number of nitrogens with one attached hydrogen (secondary N) is 2. The highest BCUT2D eigenvalue weighted by molar-refractivity contribution is 5.79. The van der Waals surface area contributed by atoms with Crippen molar-refractivity contribution in [2.24, 2.45) is 11.8 Å². The molecule has 2 N–H and O–H groups in total. The Labute approximate surface area is 105 Å². The van der Waals surface area contributed by atoms with Gasteiger partial charge in [0.05, 0.1) is 0 Å². The van der Waals surface area contributed by atoms with Gasteiger partial charge in [-0.05, 0) is 44.6 Å². The molecule has 0 aromatic carbocycles. The van der Waals surface area contributed by atoms with Crippen molar-refractivity contribution >= 4 is 5.91 Å². The summed E-state index contributed by atoms with van der Waals surface area (Å²) >= 11 is 0. The molecule has 0 radical (unpaired) electrons. The van der Waals surface area contributed by atoms with E-state index in [0.29, 0.717) is 17.9 Å². The third-order valence-corrected chi connectivity index (χ3v) is 4.40. The van der Waals surface area contributed by atoms with Crippen LogP contribution in [0.3, 0.4) is 0 Å². The van der Waals surface area contributed by atoms with Crippen LogP contribution >= 0.6 is 0 Å². The molecule has 0 aromatic rings. The zero-order valence-electron chi connectivity index (χ0n) is 11.0. The van der Waals surface area contributed by atoms with Gasteiger partial charge in [0, 0.05) is 18.5 Å². The van der Waals surface area contributed by atoms with E-state index in [2.05, 4.69) is 17.6 Å². The van der Waals surface area contributed by atoms with E-state index in [1.54, 1.807) is 0 Å². The minimum Gasteiger partial charge on any atom is -0.356 e. The quantitative estimate of drug-likeness (QED) is 0.787. The molecule has 2 fully saturated rings. The molecule has 17 heavy (non-hydrogen) atoms. The normalized spacial score (nSPS) is 33.6. The molecule has 1 heterocycles. The average molecular weight is 238 g/mol. The second-order valence-corrected chi connectivity index (χ2v) is 5.74. The topological polar surface area (TPSA) is 41.1 Å². The summed E-state index contributed by atoms with van der Waals surface area (Å²) in [4.78, 5) is 12.0. The first kappa shape index (κ1) is 12.9. The Hall–Kier alpha value is -0.570. The van der Waals surface area contributed by atoms with Gasteiger partial charge < -0.3 is 10.6 Å². The van der Waals surface area contributed by atoms with Crippen LogP contribution in [0, 0.1) is 11.8 Å². The number of piperidine rings is 1. The molecule has 98 valence electrons. The van der Waals surface area contributed by atoms with E-state index in [1.807, 2.05) is 0 Å². The van der Waals surface area contributed by atoms with E-state index in [4.69, 9.17) is 0 Å². The van der Waals surface area contributed by atoms with E-state index in [-0.39, 0.29) is 5.92 Å². The highest BCUT2D eigenvalue weighted by Crippen LogP contribution is 2.31. The molecule has 1 saturated heterocycles. The van der Waals surface area contributed by atoms with E-state index < -0.39 is 0 Å². The van der Waals surface area contributed by atoms with E-state index in [0.717, 1.165) is 25.9 Å². The number of amides is 1. The van der Waals surface area contributed by atoms with Crippen molar-refractivity contribution in [2.45, 2.75) is 57.9 Å². The SMILES string of the molecule is CC1CCCC1C(=O)NCCC1CCCCN1.